The van der Waals surface area contributed by atoms with Gasteiger partial charge in [-0.15, -0.1) is 10.2 Å². The van der Waals surface area contributed by atoms with Crippen LogP contribution in [0.25, 0.3) is 16.7 Å². The Morgan fingerprint density at radius 1 is 0.871 bits per heavy atom. The highest BCUT2D eigenvalue weighted by atomic mass is 16.5. The Morgan fingerprint density at radius 3 is 2.26 bits per heavy atom. The SMILES string of the molecule is CCCOc1ccc(C(=O)Nc2ccc3nn(-c4ccc(OCC)cc4)nc3c2)cc1. The lowest BCUT2D eigenvalue weighted by Gasteiger charge is -2.07. The van der Waals surface area contributed by atoms with Crippen molar-refractivity contribution >= 4 is 22.6 Å². The lowest BCUT2D eigenvalue weighted by atomic mass is 10.2. The van der Waals surface area contributed by atoms with Gasteiger partial charge < -0.3 is 14.8 Å². The summed E-state index contributed by atoms with van der Waals surface area (Å²) in [6.45, 7) is 5.27. The van der Waals surface area contributed by atoms with Crippen molar-refractivity contribution < 1.29 is 14.3 Å². The van der Waals surface area contributed by atoms with Crippen molar-refractivity contribution in [3.8, 4) is 17.2 Å². The molecule has 0 spiro atoms. The van der Waals surface area contributed by atoms with Crippen LogP contribution in [0.5, 0.6) is 11.5 Å². The van der Waals surface area contributed by atoms with Crippen LogP contribution in [0.3, 0.4) is 0 Å². The summed E-state index contributed by atoms with van der Waals surface area (Å²) in [6.07, 6.45) is 0.938. The van der Waals surface area contributed by atoms with Crippen molar-refractivity contribution in [1.29, 1.82) is 0 Å². The predicted octanol–water partition coefficient (Wildman–Crippen LogP) is 4.86. The molecule has 7 heteroatoms. The van der Waals surface area contributed by atoms with E-state index in [2.05, 4.69) is 22.4 Å². The molecule has 0 saturated carbocycles. The molecule has 0 unspecified atom stereocenters. The maximum atomic E-state index is 12.6. The number of aromatic nitrogens is 3. The molecule has 0 aliphatic heterocycles. The van der Waals surface area contributed by atoms with E-state index in [0.29, 0.717) is 30.0 Å². The number of fused-ring (bicyclic) bond motifs is 1. The highest BCUT2D eigenvalue weighted by molar-refractivity contribution is 6.05. The summed E-state index contributed by atoms with van der Waals surface area (Å²) < 4.78 is 11.0. The van der Waals surface area contributed by atoms with Crippen LogP contribution in [0.15, 0.2) is 66.7 Å². The minimum absolute atomic E-state index is 0.194. The highest BCUT2D eigenvalue weighted by Crippen LogP contribution is 2.20. The number of rotatable bonds is 8. The Morgan fingerprint density at radius 2 is 1.55 bits per heavy atom. The molecule has 7 nitrogen and oxygen atoms in total. The standard InChI is InChI=1S/C24H24N4O3/c1-3-15-31-21-10-5-17(6-11-21)24(29)25-18-7-14-22-23(16-18)27-28(26-22)19-8-12-20(13-9-19)30-4-2/h5-14,16H,3-4,15H2,1-2H3,(H,25,29). The number of amides is 1. The van der Waals surface area contributed by atoms with E-state index < -0.39 is 0 Å². The first kappa shape index (κ1) is 20.4. The van der Waals surface area contributed by atoms with E-state index in [9.17, 15) is 4.79 Å². The summed E-state index contributed by atoms with van der Waals surface area (Å²) in [4.78, 5) is 14.2. The van der Waals surface area contributed by atoms with Crippen molar-refractivity contribution in [2.45, 2.75) is 20.3 Å². The fraction of sp³-hybridized carbons (Fsp3) is 0.208. The molecule has 0 radical (unpaired) electrons. The third-order valence-corrected chi connectivity index (χ3v) is 4.61. The number of benzene rings is 3. The monoisotopic (exact) mass is 416 g/mol. The van der Waals surface area contributed by atoms with Gasteiger partial charge in [0.2, 0.25) is 0 Å². The topological polar surface area (TPSA) is 78.3 Å². The van der Waals surface area contributed by atoms with E-state index in [4.69, 9.17) is 9.47 Å². The molecule has 1 amide bonds. The van der Waals surface area contributed by atoms with Gasteiger partial charge in [0.15, 0.2) is 0 Å². The van der Waals surface area contributed by atoms with Gasteiger partial charge in [-0.05, 0) is 80.1 Å². The second kappa shape index (κ2) is 9.30. The Kier molecular flexibility index (Phi) is 6.12. The number of nitrogens with zero attached hydrogens (tertiary/aromatic N) is 3. The van der Waals surface area contributed by atoms with Crippen LogP contribution in [0, 0.1) is 0 Å². The van der Waals surface area contributed by atoms with Crippen LogP contribution in [0.4, 0.5) is 5.69 Å². The van der Waals surface area contributed by atoms with Crippen LogP contribution in [0.1, 0.15) is 30.6 Å². The molecule has 1 heterocycles. The molecule has 0 aliphatic carbocycles. The zero-order valence-electron chi connectivity index (χ0n) is 17.5. The summed E-state index contributed by atoms with van der Waals surface area (Å²) >= 11 is 0. The molecular formula is C24H24N4O3. The summed E-state index contributed by atoms with van der Waals surface area (Å²) in [5, 5.41) is 12.0. The smallest absolute Gasteiger partial charge is 0.255 e. The first-order chi connectivity index (χ1) is 15.2. The minimum atomic E-state index is -0.194. The molecule has 31 heavy (non-hydrogen) atoms. The Bertz CT molecular complexity index is 1170. The third kappa shape index (κ3) is 4.83. The predicted molar refractivity (Wildman–Crippen MR) is 120 cm³/mol. The fourth-order valence-electron chi connectivity index (χ4n) is 3.08. The molecule has 4 aromatic rings. The van der Waals surface area contributed by atoms with E-state index >= 15 is 0 Å². The fourth-order valence-corrected chi connectivity index (χ4v) is 3.08. The summed E-state index contributed by atoms with van der Waals surface area (Å²) in [6, 6.07) is 20.1. The average Bonchev–Trinajstić information content (AvgIpc) is 3.22. The lowest BCUT2D eigenvalue weighted by molar-refractivity contribution is 0.102. The maximum absolute atomic E-state index is 12.6. The molecule has 3 aromatic carbocycles. The maximum Gasteiger partial charge on any atom is 0.255 e. The van der Waals surface area contributed by atoms with Crippen molar-refractivity contribution in [3.63, 3.8) is 0 Å². The van der Waals surface area contributed by atoms with Crippen LogP contribution < -0.4 is 14.8 Å². The van der Waals surface area contributed by atoms with E-state index in [1.54, 1.807) is 29.1 Å². The molecule has 4 rings (SSSR count). The van der Waals surface area contributed by atoms with Gasteiger partial charge in [0, 0.05) is 11.3 Å². The number of anilines is 1. The Balaban J connectivity index is 1.48. The quantitative estimate of drug-likeness (QED) is 0.444. The molecule has 0 atom stereocenters. The van der Waals surface area contributed by atoms with Gasteiger partial charge in [0.05, 0.1) is 18.9 Å². The second-order valence-corrected chi connectivity index (χ2v) is 6.95. The normalized spacial score (nSPS) is 10.8. The molecule has 0 saturated heterocycles. The van der Waals surface area contributed by atoms with Gasteiger partial charge in [-0.25, -0.2) is 0 Å². The largest absolute Gasteiger partial charge is 0.494 e. The summed E-state index contributed by atoms with van der Waals surface area (Å²) in [5.41, 5.74) is 3.47. The molecule has 158 valence electrons. The number of carbonyl (C=O) groups is 1. The van der Waals surface area contributed by atoms with Crippen LogP contribution in [-0.2, 0) is 0 Å². The third-order valence-electron chi connectivity index (χ3n) is 4.61. The van der Waals surface area contributed by atoms with Crippen molar-refractivity contribution in [1.82, 2.24) is 15.0 Å². The van der Waals surface area contributed by atoms with E-state index in [1.807, 2.05) is 49.4 Å². The number of hydrogen-bond acceptors (Lipinski definition) is 5. The van der Waals surface area contributed by atoms with Crippen molar-refractivity contribution in [2.24, 2.45) is 0 Å². The van der Waals surface area contributed by atoms with Crippen molar-refractivity contribution in [3.05, 3.63) is 72.3 Å². The highest BCUT2D eigenvalue weighted by Gasteiger charge is 2.10. The Labute approximate surface area is 180 Å². The first-order valence-electron chi connectivity index (χ1n) is 10.3. The molecule has 1 N–H and O–H groups in total. The van der Waals surface area contributed by atoms with Gasteiger partial charge in [-0.1, -0.05) is 6.92 Å². The van der Waals surface area contributed by atoms with Gasteiger partial charge in [0.1, 0.15) is 22.5 Å². The second-order valence-electron chi connectivity index (χ2n) is 6.95. The molecule has 0 fully saturated rings. The number of ether oxygens (including phenoxy) is 2. The summed E-state index contributed by atoms with van der Waals surface area (Å²) in [5.74, 6) is 1.36. The zero-order chi connectivity index (χ0) is 21.6. The molecule has 0 aliphatic rings. The van der Waals surface area contributed by atoms with Gasteiger partial charge in [0.25, 0.3) is 5.91 Å². The average molecular weight is 416 g/mol. The van der Waals surface area contributed by atoms with Gasteiger partial charge in [-0.2, -0.15) is 4.80 Å². The number of carbonyl (C=O) groups excluding carboxylic acids is 1. The lowest BCUT2D eigenvalue weighted by Crippen LogP contribution is -2.11. The van der Waals surface area contributed by atoms with Crippen LogP contribution >= 0.6 is 0 Å². The first-order valence-corrected chi connectivity index (χ1v) is 10.3. The molecular weight excluding hydrogens is 392 g/mol. The summed E-state index contributed by atoms with van der Waals surface area (Å²) in [7, 11) is 0. The number of hydrogen-bond donors (Lipinski definition) is 1. The van der Waals surface area contributed by atoms with Crippen LogP contribution in [-0.4, -0.2) is 34.1 Å². The number of nitrogens with one attached hydrogen (secondary N) is 1. The van der Waals surface area contributed by atoms with E-state index in [-0.39, 0.29) is 5.91 Å². The van der Waals surface area contributed by atoms with E-state index in [0.717, 1.165) is 29.1 Å². The minimum Gasteiger partial charge on any atom is -0.494 e. The Hall–Kier alpha value is -3.87. The van der Waals surface area contributed by atoms with Crippen LogP contribution in [0.2, 0.25) is 0 Å². The zero-order valence-corrected chi connectivity index (χ0v) is 17.5. The van der Waals surface area contributed by atoms with Gasteiger partial charge in [-0.3, -0.25) is 4.79 Å². The van der Waals surface area contributed by atoms with Gasteiger partial charge >= 0.3 is 0 Å². The molecule has 1 aromatic heterocycles. The molecule has 0 bridgehead atoms. The van der Waals surface area contributed by atoms with Crippen molar-refractivity contribution in [2.75, 3.05) is 18.5 Å². The van der Waals surface area contributed by atoms with E-state index in [1.165, 1.54) is 0 Å².